The number of hydrogen-bond acceptors (Lipinski definition) is 2. The number of carbonyl (C=O) groups is 1. The molecule has 16 heavy (non-hydrogen) atoms. The van der Waals surface area contributed by atoms with Gasteiger partial charge in [-0.25, -0.2) is 4.79 Å². The van der Waals surface area contributed by atoms with Gasteiger partial charge in [-0.2, -0.15) is 0 Å². The van der Waals surface area contributed by atoms with Crippen molar-refractivity contribution in [1.82, 2.24) is 0 Å². The Hall–Kier alpha value is -0.790. The minimum absolute atomic E-state index is 0.125. The summed E-state index contributed by atoms with van der Waals surface area (Å²) in [5.41, 5.74) is 0.816. The zero-order valence-corrected chi connectivity index (χ0v) is 10.7. The average molecular weight is 222 g/mol. The molecule has 0 radical (unpaired) electrons. The van der Waals surface area contributed by atoms with Gasteiger partial charge in [0.25, 0.3) is 0 Å². The van der Waals surface area contributed by atoms with Gasteiger partial charge in [0, 0.05) is 11.5 Å². The van der Waals surface area contributed by atoms with Crippen LogP contribution in [-0.4, -0.2) is 12.1 Å². The van der Waals surface area contributed by atoms with Crippen LogP contribution in [-0.2, 0) is 9.53 Å². The van der Waals surface area contributed by atoms with Gasteiger partial charge in [0.15, 0.2) is 0 Å². The fraction of sp³-hybridized carbons (Fsp3) is 0.786. The molecular weight excluding hydrogens is 200 g/mol. The third-order valence-electron chi connectivity index (χ3n) is 4.98. The molecule has 2 rings (SSSR count). The topological polar surface area (TPSA) is 26.3 Å². The Morgan fingerprint density at radius 1 is 1.38 bits per heavy atom. The number of hydrogen-bond donors (Lipinski definition) is 0. The Labute approximate surface area is 98.1 Å². The van der Waals surface area contributed by atoms with Crippen molar-refractivity contribution in [2.24, 2.45) is 23.2 Å². The van der Waals surface area contributed by atoms with Crippen LogP contribution in [0.15, 0.2) is 12.2 Å². The zero-order valence-electron chi connectivity index (χ0n) is 10.7. The molecule has 2 fully saturated rings. The maximum absolute atomic E-state index is 11.5. The highest BCUT2D eigenvalue weighted by molar-refractivity contribution is 5.87. The van der Waals surface area contributed by atoms with E-state index in [2.05, 4.69) is 27.4 Å². The SMILES string of the molecule is C=C(C)C(=O)OC1CC2CC1C(C)(C)C2C. The molecule has 90 valence electrons. The molecule has 0 aliphatic heterocycles. The van der Waals surface area contributed by atoms with Crippen LogP contribution in [0, 0.1) is 23.2 Å². The highest BCUT2D eigenvalue weighted by atomic mass is 16.5. The number of ether oxygens (including phenoxy) is 1. The smallest absolute Gasteiger partial charge is 0.333 e. The summed E-state index contributed by atoms with van der Waals surface area (Å²) >= 11 is 0. The Morgan fingerprint density at radius 2 is 2.00 bits per heavy atom. The van der Waals surface area contributed by atoms with Crippen LogP contribution in [0.4, 0.5) is 0 Å². The number of esters is 1. The van der Waals surface area contributed by atoms with E-state index < -0.39 is 0 Å². The van der Waals surface area contributed by atoms with Crippen molar-refractivity contribution in [2.45, 2.75) is 46.6 Å². The van der Waals surface area contributed by atoms with E-state index >= 15 is 0 Å². The minimum atomic E-state index is -0.221. The number of carbonyl (C=O) groups excluding carboxylic acids is 1. The van der Waals surface area contributed by atoms with Crippen molar-refractivity contribution in [3.8, 4) is 0 Å². The molecule has 0 spiro atoms. The van der Waals surface area contributed by atoms with Gasteiger partial charge in [-0.1, -0.05) is 27.4 Å². The van der Waals surface area contributed by atoms with E-state index in [1.54, 1.807) is 6.92 Å². The normalized spacial score (nSPS) is 39.8. The summed E-state index contributed by atoms with van der Waals surface area (Å²) in [5, 5.41) is 0. The molecule has 0 heterocycles. The maximum Gasteiger partial charge on any atom is 0.333 e. The van der Waals surface area contributed by atoms with E-state index in [4.69, 9.17) is 4.74 Å². The van der Waals surface area contributed by atoms with Crippen molar-refractivity contribution in [3.63, 3.8) is 0 Å². The van der Waals surface area contributed by atoms with Gasteiger partial charge in [-0.3, -0.25) is 0 Å². The van der Waals surface area contributed by atoms with E-state index in [9.17, 15) is 4.79 Å². The maximum atomic E-state index is 11.5. The monoisotopic (exact) mass is 222 g/mol. The van der Waals surface area contributed by atoms with Gasteiger partial charge in [0.2, 0.25) is 0 Å². The molecule has 4 atom stereocenters. The first-order valence-corrected chi connectivity index (χ1v) is 6.20. The first-order valence-electron chi connectivity index (χ1n) is 6.20. The van der Waals surface area contributed by atoms with Gasteiger partial charge in [-0.05, 0) is 37.0 Å². The summed E-state index contributed by atoms with van der Waals surface area (Å²) in [7, 11) is 0. The van der Waals surface area contributed by atoms with E-state index in [0.29, 0.717) is 16.9 Å². The van der Waals surface area contributed by atoms with E-state index in [1.807, 2.05) is 0 Å². The van der Waals surface area contributed by atoms with Crippen LogP contribution in [0.25, 0.3) is 0 Å². The molecule has 2 saturated carbocycles. The molecule has 2 aliphatic rings. The molecule has 0 aromatic carbocycles. The molecular formula is C14H22O2. The van der Waals surface area contributed by atoms with Crippen molar-refractivity contribution in [2.75, 3.05) is 0 Å². The molecule has 0 amide bonds. The Morgan fingerprint density at radius 3 is 2.44 bits per heavy atom. The molecule has 0 saturated heterocycles. The van der Waals surface area contributed by atoms with Gasteiger partial charge >= 0.3 is 5.97 Å². The van der Waals surface area contributed by atoms with Gasteiger partial charge in [0.1, 0.15) is 6.10 Å². The Bertz CT molecular complexity index is 330. The molecule has 2 nitrogen and oxygen atoms in total. The van der Waals surface area contributed by atoms with Gasteiger partial charge < -0.3 is 4.74 Å². The van der Waals surface area contributed by atoms with Crippen LogP contribution in [0.1, 0.15) is 40.5 Å². The first kappa shape index (κ1) is 11.7. The third-order valence-corrected chi connectivity index (χ3v) is 4.98. The van der Waals surface area contributed by atoms with Crippen molar-refractivity contribution in [3.05, 3.63) is 12.2 Å². The Balaban J connectivity index is 2.07. The fourth-order valence-electron chi connectivity index (χ4n) is 3.54. The van der Waals surface area contributed by atoms with Crippen LogP contribution in [0.3, 0.4) is 0 Å². The predicted octanol–water partition coefficient (Wildman–Crippen LogP) is 3.18. The summed E-state index contributed by atoms with van der Waals surface area (Å²) in [6.45, 7) is 12.3. The van der Waals surface area contributed by atoms with Crippen molar-refractivity contribution in [1.29, 1.82) is 0 Å². The minimum Gasteiger partial charge on any atom is -0.459 e. The van der Waals surface area contributed by atoms with Gasteiger partial charge in [0.05, 0.1) is 0 Å². The Kier molecular flexibility index (Phi) is 2.64. The fourth-order valence-corrected chi connectivity index (χ4v) is 3.54. The third kappa shape index (κ3) is 1.59. The lowest BCUT2D eigenvalue weighted by molar-refractivity contribution is -0.150. The zero-order chi connectivity index (χ0) is 12.1. The van der Waals surface area contributed by atoms with E-state index in [-0.39, 0.29) is 12.1 Å². The summed E-state index contributed by atoms with van der Waals surface area (Å²) in [5.74, 6) is 1.80. The van der Waals surface area contributed by atoms with E-state index in [1.165, 1.54) is 6.42 Å². The van der Waals surface area contributed by atoms with Crippen LogP contribution in [0.5, 0.6) is 0 Å². The van der Waals surface area contributed by atoms with Gasteiger partial charge in [-0.15, -0.1) is 0 Å². The lowest BCUT2D eigenvalue weighted by Gasteiger charge is -2.40. The molecule has 2 heteroatoms. The molecule has 4 unspecified atom stereocenters. The van der Waals surface area contributed by atoms with E-state index in [0.717, 1.165) is 18.3 Å². The van der Waals surface area contributed by atoms with Crippen molar-refractivity contribution < 1.29 is 9.53 Å². The molecule has 0 aromatic rings. The number of fused-ring (bicyclic) bond motifs is 2. The number of rotatable bonds is 2. The lowest BCUT2D eigenvalue weighted by atomic mass is 9.68. The van der Waals surface area contributed by atoms with Crippen LogP contribution >= 0.6 is 0 Å². The van der Waals surface area contributed by atoms with Crippen LogP contribution in [0.2, 0.25) is 0 Å². The second-order valence-electron chi connectivity index (χ2n) is 6.17. The molecule has 2 aliphatic carbocycles. The molecule has 0 aromatic heterocycles. The summed E-state index contributed by atoms with van der Waals surface area (Å²) < 4.78 is 5.55. The summed E-state index contributed by atoms with van der Waals surface area (Å²) in [6.07, 6.45) is 2.40. The van der Waals surface area contributed by atoms with Crippen LogP contribution < -0.4 is 0 Å². The highest BCUT2D eigenvalue weighted by Gasteiger charge is 2.56. The second kappa shape index (κ2) is 3.61. The molecule has 0 N–H and O–H groups in total. The van der Waals surface area contributed by atoms with Crippen molar-refractivity contribution >= 4 is 5.97 Å². The first-order chi connectivity index (χ1) is 7.34. The standard InChI is InChI=1S/C14H22O2/c1-8(2)13(15)16-12-7-10-6-11(12)14(4,5)9(10)3/h9-12H,1,6-7H2,2-5H3. The predicted molar refractivity (Wildman–Crippen MR) is 63.9 cm³/mol. The highest BCUT2D eigenvalue weighted by Crippen LogP contribution is 2.59. The summed E-state index contributed by atoms with van der Waals surface area (Å²) in [6, 6.07) is 0. The lowest BCUT2D eigenvalue weighted by Crippen LogP contribution is -2.39. The average Bonchev–Trinajstić information content (AvgIpc) is 2.67. The summed E-state index contributed by atoms with van der Waals surface area (Å²) in [4.78, 5) is 11.5. The molecule has 2 bridgehead atoms. The largest absolute Gasteiger partial charge is 0.459 e. The second-order valence-corrected chi connectivity index (χ2v) is 6.17. The quantitative estimate of drug-likeness (QED) is 0.530.